The molecule has 1 aromatic heterocycles. The molecule has 0 amide bonds. The molecule has 0 aromatic carbocycles. The first kappa shape index (κ1) is 19.7. The number of nitrogens with zero attached hydrogens (tertiary/aromatic N) is 5. The Kier molecular flexibility index (Phi) is 8.18. The minimum Gasteiger partial charge on any atom is -0.357 e. The van der Waals surface area contributed by atoms with E-state index < -0.39 is 0 Å². The Morgan fingerprint density at radius 3 is 2.92 bits per heavy atom. The Labute approximate surface area is 152 Å². The van der Waals surface area contributed by atoms with Crippen molar-refractivity contribution in [1.82, 2.24) is 30.3 Å². The normalized spacial score (nSPS) is 19.4. The zero-order valence-electron chi connectivity index (χ0n) is 16.3. The van der Waals surface area contributed by atoms with Gasteiger partial charge in [-0.05, 0) is 46.1 Å². The minimum absolute atomic E-state index is 0.634. The molecule has 1 fully saturated rings. The van der Waals surface area contributed by atoms with E-state index in [1.54, 1.807) is 6.33 Å². The van der Waals surface area contributed by atoms with Crippen molar-refractivity contribution in [2.24, 2.45) is 10.9 Å². The molecule has 7 heteroatoms. The number of rotatable bonds is 8. The van der Waals surface area contributed by atoms with Gasteiger partial charge in [0.1, 0.15) is 12.2 Å². The predicted octanol–water partition coefficient (Wildman–Crippen LogP) is 1.52. The molecular formula is C18H35N7. The van der Waals surface area contributed by atoms with Crippen molar-refractivity contribution in [1.29, 1.82) is 0 Å². The van der Waals surface area contributed by atoms with E-state index in [1.807, 2.05) is 0 Å². The summed E-state index contributed by atoms with van der Waals surface area (Å²) in [5.41, 5.74) is 0. The highest BCUT2D eigenvalue weighted by molar-refractivity contribution is 5.79. The van der Waals surface area contributed by atoms with Crippen molar-refractivity contribution in [2.75, 3.05) is 32.7 Å². The molecule has 1 saturated heterocycles. The Morgan fingerprint density at radius 1 is 1.36 bits per heavy atom. The van der Waals surface area contributed by atoms with E-state index in [9.17, 15) is 0 Å². The first-order valence-corrected chi connectivity index (χ1v) is 9.76. The molecule has 0 radical (unpaired) electrons. The number of hydrogen-bond donors (Lipinski definition) is 2. The van der Waals surface area contributed by atoms with Gasteiger partial charge < -0.3 is 20.1 Å². The van der Waals surface area contributed by atoms with Crippen LogP contribution in [0.25, 0.3) is 0 Å². The summed E-state index contributed by atoms with van der Waals surface area (Å²) in [6.45, 7) is 14.6. The number of guanidine groups is 1. The maximum Gasteiger partial charge on any atom is 0.191 e. The Balaban J connectivity index is 1.81. The molecule has 1 aliphatic rings. The van der Waals surface area contributed by atoms with Gasteiger partial charge in [0.15, 0.2) is 5.96 Å². The van der Waals surface area contributed by atoms with E-state index in [1.165, 1.54) is 25.9 Å². The lowest BCUT2D eigenvalue weighted by Gasteiger charge is -2.34. The molecule has 2 N–H and O–H groups in total. The molecule has 7 nitrogen and oxygen atoms in total. The van der Waals surface area contributed by atoms with Gasteiger partial charge in [-0.25, -0.2) is 0 Å². The summed E-state index contributed by atoms with van der Waals surface area (Å²) in [4.78, 5) is 7.39. The van der Waals surface area contributed by atoms with E-state index in [2.05, 4.69) is 58.0 Å². The second-order valence-electron chi connectivity index (χ2n) is 7.04. The average Bonchev–Trinajstić information content (AvgIpc) is 3.07. The Hall–Kier alpha value is -1.63. The SMILES string of the molecule is CCNC(=NCC1CCCN(C(C)C)C1)NCCn1cnnc1CC. The van der Waals surface area contributed by atoms with Crippen LogP contribution in [0.4, 0.5) is 0 Å². The van der Waals surface area contributed by atoms with Gasteiger partial charge in [0.2, 0.25) is 0 Å². The van der Waals surface area contributed by atoms with Crippen LogP contribution in [-0.4, -0.2) is 64.4 Å². The standard InChI is InChI=1S/C18H35N7/c1-5-17-23-22-14-25(17)11-9-20-18(19-6-2)21-12-16-8-7-10-24(13-16)15(3)4/h14-16H,5-13H2,1-4H3,(H2,19,20,21). The van der Waals surface area contributed by atoms with E-state index in [4.69, 9.17) is 4.99 Å². The average molecular weight is 350 g/mol. The van der Waals surface area contributed by atoms with Crippen LogP contribution in [0.5, 0.6) is 0 Å². The van der Waals surface area contributed by atoms with Gasteiger partial charge in [0.05, 0.1) is 0 Å². The molecule has 2 heterocycles. The van der Waals surface area contributed by atoms with Crippen molar-refractivity contribution < 1.29 is 0 Å². The summed E-state index contributed by atoms with van der Waals surface area (Å²) >= 11 is 0. The zero-order valence-corrected chi connectivity index (χ0v) is 16.3. The van der Waals surface area contributed by atoms with Gasteiger partial charge in [-0.3, -0.25) is 4.99 Å². The minimum atomic E-state index is 0.634. The summed E-state index contributed by atoms with van der Waals surface area (Å²) in [6, 6.07) is 0.634. The highest BCUT2D eigenvalue weighted by Crippen LogP contribution is 2.18. The predicted molar refractivity (Wildman–Crippen MR) is 103 cm³/mol. The summed E-state index contributed by atoms with van der Waals surface area (Å²) in [7, 11) is 0. The number of nitrogens with one attached hydrogen (secondary N) is 2. The second-order valence-corrected chi connectivity index (χ2v) is 7.04. The summed E-state index contributed by atoms with van der Waals surface area (Å²) < 4.78 is 2.10. The van der Waals surface area contributed by atoms with E-state index in [0.29, 0.717) is 12.0 Å². The van der Waals surface area contributed by atoms with Crippen molar-refractivity contribution in [3.8, 4) is 0 Å². The third-order valence-corrected chi connectivity index (χ3v) is 4.79. The van der Waals surface area contributed by atoms with Crippen molar-refractivity contribution >= 4 is 5.96 Å². The lowest BCUT2D eigenvalue weighted by atomic mass is 9.97. The van der Waals surface area contributed by atoms with Crippen molar-refractivity contribution in [3.63, 3.8) is 0 Å². The molecule has 1 aromatic rings. The van der Waals surface area contributed by atoms with Crippen LogP contribution in [0.2, 0.25) is 0 Å². The van der Waals surface area contributed by atoms with Crippen LogP contribution in [0.15, 0.2) is 11.3 Å². The molecule has 0 aliphatic carbocycles. The number of aliphatic imine (C=N–C) groups is 1. The van der Waals surface area contributed by atoms with Crippen LogP contribution in [0.3, 0.4) is 0 Å². The van der Waals surface area contributed by atoms with Gasteiger partial charge in [-0.2, -0.15) is 0 Å². The fourth-order valence-corrected chi connectivity index (χ4v) is 3.31. The van der Waals surface area contributed by atoms with Crippen LogP contribution in [-0.2, 0) is 13.0 Å². The smallest absolute Gasteiger partial charge is 0.191 e. The molecule has 2 rings (SSSR count). The second kappa shape index (κ2) is 10.4. The number of aryl methyl sites for hydroxylation is 1. The number of hydrogen-bond acceptors (Lipinski definition) is 4. The topological polar surface area (TPSA) is 70.4 Å². The quantitative estimate of drug-likeness (QED) is 0.550. The van der Waals surface area contributed by atoms with Crippen molar-refractivity contribution in [2.45, 2.75) is 59.5 Å². The molecule has 1 unspecified atom stereocenters. The first-order valence-electron chi connectivity index (χ1n) is 9.76. The third kappa shape index (κ3) is 6.30. The van der Waals surface area contributed by atoms with Crippen LogP contribution in [0, 0.1) is 5.92 Å². The molecule has 25 heavy (non-hydrogen) atoms. The third-order valence-electron chi connectivity index (χ3n) is 4.79. The molecule has 0 spiro atoms. The highest BCUT2D eigenvalue weighted by Gasteiger charge is 2.21. The molecule has 142 valence electrons. The van der Waals surface area contributed by atoms with Gasteiger partial charge in [0.25, 0.3) is 0 Å². The number of likely N-dealkylation sites (tertiary alicyclic amines) is 1. The van der Waals surface area contributed by atoms with Crippen molar-refractivity contribution in [3.05, 3.63) is 12.2 Å². The van der Waals surface area contributed by atoms with Gasteiger partial charge in [0, 0.05) is 45.2 Å². The Bertz CT molecular complexity index is 523. The van der Waals surface area contributed by atoms with Gasteiger partial charge >= 0.3 is 0 Å². The first-order chi connectivity index (χ1) is 12.1. The fraction of sp³-hybridized carbons (Fsp3) is 0.833. The maximum atomic E-state index is 4.82. The summed E-state index contributed by atoms with van der Waals surface area (Å²) in [5.74, 6) is 2.60. The molecular weight excluding hydrogens is 314 g/mol. The van der Waals surface area contributed by atoms with Crippen LogP contribution >= 0.6 is 0 Å². The van der Waals surface area contributed by atoms with Crippen LogP contribution in [0.1, 0.15) is 46.4 Å². The molecule has 0 saturated carbocycles. The summed E-state index contributed by atoms with van der Waals surface area (Å²) in [6.07, 6.45) is 5.28. The fourth-order valence-electron chi connectivity index (χ4n) is 3.31. The van der Waals surface area contributed by atoms with Gasteiger partial charge in [-0.1, -0.05) is 6.92 Å². The zero-order chi connectivity index (χ0) is 18.1. The van der Waals surface area contributed by atoms with Gasteiger partial charge in [-0.15, -0.1) is 10.2 Å². The van der Waals surface area contributed by atoms with E-state index >= 15 is 0 Å². The largest absolute Gasteiger partial charge is 0.357 e. The Morgan fingerprint density at radius 2 is 2.20 bits per heavy atom. The molecule has 0 bridgehead atoms. The maximum absolute atomic E-state index is 4.82. The van der Waals surface area contributed by atoms with E-state index in [-0.39, 0.29) is 0 Å². The monoisotopic (exact) mass is 349 g/mol. The molecule has 1 aliphatic heterocycles. The van der Waals surface area contributed by atoms with E-state index in [0.717, 1.165) is 44.4 Å². The molecule has 1 atom stereocenters. The highest BCUT2D eigenvalue weighted by atomic mass is 15.3. The number of aromatic nitrogens is 3. The lowest BCUT2D eigenvalue weighted by Crippen LogP contribution is -2.42. The van der Waals surface area contributed by atoms with Crippen LogP contribution < -0.4 is 10.6 Å². The summed E-state index contributed by atoms with van der Waals surface area (Å²) in [5, 5.41) is 14.9. The number of piperidine rings is 1. The lowest BCUT2D eigenvalue weighted by molar-refractivity contribution is 0.143.